The molecule has 2 saturated heterocycles. The van der Waals surface area contributed by atoms with Crippen LogP contribution < -0.4 is 10.6 Å². The van der Waals surface area contributed by atoms with Gasteiger partial charge < -0.3 is 20.1 Å². The molecule has 3 fully saturated rings. The highest BCUT2D eigenvalue weighted by Gasteiger charge is 2.38. The zero-order chi connectivity index (χ0) is 13.8. The highest BCUT2D eigenvalue weighted by atomic mass is 16.5. The molecule has 0 radical (unpaired) electrons. The van der Waals surface area contributed by atoms with Crippen molar-refractivity contribution in [3.63, 3.8) is 0 Å². The van der Waals surface area contributed by atoms with Crippen LogP contribution in [0.15, 0.2) is 0 Å². The van der Waals surface area contributed by atoms with Crippen molar-refractivity contribution >= 4 is 0 Å². The first-order valence-corrected chi connectivity index (χ1v) is 8.43. The minimum Gasteiger partial charge on any atom is -0.378 e. The molecule has 2 heterocycles. The third kappa shape index (κ3) is 3.19. The van der Waals surface area contributed by atoms with Crippen LogP contribution >= 0.6 is 0 Å². The first kappa shape index (κ1) is 14.8. The standard InChI is InChI=1S/C16H30N2O2/c1-19-16(8-10-20-12-16)11-18-15-7-4-5-13(15)14-6-2-3-9-17-14/h13-15,17-18H,2-12H2,1H3. The predicted octanol–water partition coefficient (Wildman–Crippen LogP) is 1.69. The number of piperidine rings is 1. The molecule has 1 aliphatic carbocycles. The molecule has 3 rings (SSSR count). The maximum Gasteiger partial charge on any atom is 0.106 e. The molecule has 0 bridgehead atoms. The molecule has 1 saturated carbocycles. The summed E-state index contributed by atoms with van der Waals surface area (Å²) >= 11 is 0. The van der Waals surface area contributed by atoms with Gasteiger partial charge in [-0.2, -0.15) is 0 Å². The lowest BCUT2D eigenvalue weighted by molar-refractivity contribution is -0.0186. The second-order valence-corrected chi connectivity index (χ2v) is 6.83. The summed E-state index contributed by atoms with van der Waals surface area (Å²) in [4.78, 5) is 0. The van der Waals surface area contributed by atoms with E-state index in [1.54, 1.807) is 0 Å². The largest absolute Gasteiger partial charge is 0.378 e. The maximum absolute atomic E-state index is 5.74. The van der Waals surface area contributed by atoms with Gasteiger partial charge in [-0.25, -0.2) is 0 Å². The van der Waals surface area contributed by atoms with Crippen LogP contribution in [0.1, 0.15) is 44.9 Å². The lowest BCUT2D eigenvalue weighted by Gasteiger charge is -2.35. The minimum atomic E-state index is -0.0763. The van der Waals surface area contributed by atoms with Crippen molar-refractivity contribution < 1.29 is 9.47 Å². The van der Waals surface area contributed by atoms with E-state index in [4.69, 9.17) is 9.47 Å². The fraction of sp³-hybridized carbons (Fsp3) is 1.00. The van der Waals surface area contributed by atoms with Gasteiger partial charge in [0.2, 0.25) is 0 Å². The van der Waals surface area contributed by atoms with Crippen LogP contribution in [-0.2, 0) is 9.47 Å². The Morgan fingerprint density at radius 1 is 1.25 bits per heavy atom. The zero-order valence-electron chi connectivity index (χ0n) is 12.8. The van der Waals surface area contributed by atoms with Gasteiger partial charge in [-0.15, -0.1) is 0 Å². The maximum atomic E-state index is 5.74. The topological polar surface area (TPSA) is 42.5 Å². The van der Waals surface area contributed by atoms with E-state index in [2.05, 4.69) is 10.6 Å². The predicted molar refractivity (Wildman–Crippen MR) is 79.9 cm³/mol. The van der Waals surface area contributed by atoms with E-state index in [9.17, 15) is 0 Å². The summed E-state index contributed by atoms with van der Waals surface area (Å²) in [6, 6.07) is 1.40. The summed E-state index contributed by atoms with van der Waals surface area (Å²) in [5, 5.41) is 7.56. The van der Waals surface area contributed by atoms with Gasteiger partial charge in [-0.1, -0.05) is 12.8 Å². The van der Waals surface area contributed by atoms with Gasteiger partial charge >= 0.3 is 0 Å². The molecule has 0 aromatic heterocycles. The van der Waals surface area contributed by atoms with Gasteiger partial charge in [0.05, 0.1) is 6.61 Å². The van der Waals surface area contributed by atoms with Crippen LogP contribution in [0, 0.1) is 5.92 Å². The molecule has 4 unspecified atom stereocenters. The molecule has 116 valence electrons. The summed E-state index contributed by atoms with van der Waals surface area (Å²) in [5.74, 6) is 0.812. The van der Waals surface area contributed by atoms with E-state index in [1.807, 2.05) is 7.11 Å². The molecule has 4 nitrogen and oxygen atoms in total. The smallest absolute Gasteiger partial charge is 0.106 e. The molecular formula is C16H30N2O2. The Hall–Kier alpha value is -0.160. The van der Waals surface area contributed by atoms with Gasteiger partial charge in [-0.3, -0.25) is 0 Å². The van der Waals surface area contributed by atoms with E-state index < -0.39 is 0 Å². The Morgan fingerprint density at radius 2 is 2.20 bits per heavy atom. The van der Waals surface area contributed by atoms with E-state index in [1.165, 1.54) is 45.1 Å². The van der Waals surface area contributed by atoms with Crippen molar-refractivity contribution in [2.45, 2.75) is 62.6 Å². The lowest BCUT2D eigenvalue weighted by Crippen LogP contribution is -2.51. The molecule has 20 heavy (non-hydrogen) atoms. The van der Waals surface area contributed by atoms with Crippen LogP contribution in [0.5, 0.6) is 0 Å². The summed E-state index contributed by atoms with van der Waals surface area (Å²) in [6.07, 6.45) is 9.21. The van der Waals surface area contributed by atoms with Gasteiger partial charge in [0, 0.05) is 38.8 Å². The Kier molecular flexibility index (Phi) is 4.97. The average Bonchev–Trinajstić information content (AvgIpc) is 3.16. The fourth-order valence-corrected chi connectivity index (χ4v) is 4.25. The number of hydrogen-bond acceptors (Lipinski definition) is 4. The number of rotatable bonds is 5. The number of nitrogens with one attached hydrogen (secondary N) is 2. The van der Waals surface area contributed by atoms with E-state index in [0.29, 0.717) is 6.04 Å². The second-order valence-electron chi connectivity index (χ2n) is 6.83. The first-order valence-electron chi connectivity index (χ1n) is 8.43. The molecule has 3 aliphatic rings. The van der Waals surface area contributed by atoms with E-state index in [-0.39, 0.29) is 5.60 Å². The van der Waals surface area contributed by atoms with Crippen molar-refractivity contribution in [3.8, 4) is 0 Å². The minimum absolute atomic E-state index is 0.0763. The highest BCUT2D eigenvalue weighted by Crippen LogP contribution is 2.32. The van der Waals surface area contributed by atoms with Crippen molar-refractivity contribution in [2.75, 3.05) is 33.4 Å². The SMILES string of the molecule is COC1(CNC2CCCC2C2CCCCN2)CCOC1. The monoisotopic (exact) mass is 282 g/mol. The van der Waals surface area contributed by atoms with Gasteiger partial charge in [0.1, 0.15) is 5.60 Å². The molecule has 0 spiro atoms. The number of methoxy groups -OCH3 is 1. The molecule has 2 N–H and O–H groups in total. The van der Waals surface area contributed by atoms with Crippen molar-refractivity contribution in [1.82, 2.24) is 10.6 Å². The zero-order valence-corrected chi connectivity index (χ0v) is 12.8. The summed E-state index contributed by atoms with van der Waals surface area (Å²) in [7, 11) is 1.82. The van der Waals surface area contributed by atoms with Gasteiger partial charge in [-0.05, 0) is 38.1 Å². The Balaban J connectivity index is 1.53. The molecular weight excluding hydrogens is 252 g/mol. The number of ether oxygens (including phenoxy) is 2. The van der Waals surface area contributed by atoms with E-state index in [0.717, 1.165) is 38.1 Å². The van der Waals surface area contributed by atoms with Gasteiger partial charge in [0.15, 0.2) is 0 Å². The van der Waals surface area contributed by atoms with Crippen LogP contribution in [-0.4, -0.2) is 51.1 Å². The van der Waals surface area contributed by atoms with E-state index >= 15 is 0 Å². The third-order valence-corrected chi connectivity index (χ3v) is 5.62. The normalized spacial score (nSPS) is 42.1. The lowest BCUT2D eigenvalue weighted by atomic mass is 9.88. The van der Waals surface area contributed by atoms with Crippen molar-refractivity contribution in [3.05, 3.63) is 0 Å². The molecule has 4 atom stereocenters. The third-order valence-electron chi connectivity index (χ3n) is 5.62. The van der Waals surface area contributed by atoms with Crippen LogP contribution in [0.3, 0.4) is 0 Å². The Morgan fingerprint density at radius 3 is 2.90 bits per heavy atom. The summed E-state index contributed by atoms with van der Waals surface area (Å²) in [5.41, 5.74) is -0.0763. The average molecular weight is 282 g/mol. The van der Waals surface area contributed by atoms with Crippen molar-refractivity contribution in [2.24, 2.45) is 5.92 Å². The summed E-state index contributed by atoms with van der Waals surface area (Å²) < 4.78 is 11.3. The van der Waals surface area contributed by atoms with Crippen LogP contribution in [0.2, 0.25) is 0 Å². The molecule has 0 amide bonds. The molecule has 4 heteroatoms. The summed E-state index contributed by atoms with van der Waals surface area (Å²) in [6.45, 7) is 3.74. The first-order chi connectivity index (χ1) is 9.83. The molecule has 2 aliphatic heterocycles. The molecule has 0 aromatic rings. The van der Waals surface area contributed by atoms with Crippen molar-refractivity contribution in [1.29, 1.82) is 0 Å². The van der Waals surface area contributed by atoms with Gasteiger partial charge in [0.25, 0.3) is 0 Å². The van der Waals surface area contributed by atoms with Crippen LogP contribution in [0.25, 0.3) is 0 Å². The Bertz CT molecular complexity index is 299. The Labute approximate surface area is 123 Å². The number of hydrogen-bond donors (Lipinski definition) is 2. The second kappa shape index (κ2) is 6.73. The fourth-order valence-electron chi connectivity index (χ4n) is 4.25. The molecule has 0 aromatic carbocycles. The highest BCUT2D eigenvalue weighted by molar-refractivity contribution is 4.95. The van der Waals surface area contributed by atoms with Crippen LogP contribution in [0.4, 0.5) is 0 Å². The quantitative estimate of drug-likeness (QED) is 0.805.